The highest BCUT2D eigenvalue weighted by Crippen LogP contribution is 2.22. The van der Waals surface area contributed by atoms with Gasteiger partial charge in [-0.3, -0.25) is 0 Å². The molecule has 2 aliphatic heterocycles. The van der Waals surface area contributed by atoms with Gasteiger partial charge < -0.3 is 28.7 Å². The lowest BCUT2D eigenvalue weighted by molar-refractivity contribution is -0.103. The van der Waals surface area contributed by atoms with E-state index in [1.807, 2.05) is 28.2 Å². The molecule has 118 valence electrons. The summed E-state index contributed by atoms with van der Waals surface area (Å²) >= 11 is 0. The van der Waals surface area contributed by atoms with Gasteiger partial charge in [0.1, 0.15) is 0 Å². The minimum Gasteiger partial charge on any atom is -0.350 e. The molecule has 0 aliphatic carbocycles. The average molecular weight is 288 g/mol. The Morgan fingerprint density at radius 2 is 1.15 bits per heavy atom. The van der Waals surface area contributed by atoms with E-state index in [-0.39, 0.29) is 24.8 Å². The van der Waals surface area contributed by atoms with Crippen molar-refractivity contribution in [2.24, 2.45) is 0 Å². The topological polar surface area (TPSA) is 43.4 Å². The second-order valence-corrected chi connectivity index (χ2v) is 6.14. The molecule has 4 atom stereocenters. The molecule has 0 aromatic carbocycles. The van der Waals surface area contributed by atoms with E-state index < -0.39 is 0 Å². The van der Waals surface area contributed by atoms with Crippen molar-refractivity contribution in [3.63, 3.8) is 0 Å². The third-order valence-electron chi connectivity index (χ3n) is 3.40. The number of likely N-dealkylation sites (N-methyl/N-ethyl adjacent to an activating group) is 2. The monoisotopic (exact) mass is 288 g/mol. The molecule has 0 N–H and O–H groups in total. The van der Waals surface area contributed by atoms with Crippen LogP contribution in [0.4, 0.5) is 0 Å². The Kier molecular flexibility index (Phi) is 6.20. The highest BCUT2D eigenvalue weighted by atomic mass is 16.7. The predicted molar refractivity (Wildman–Crippen MR) is 75.6 cm³/mol. The van der Waals surface area contributed by atoms with Gasteiger partial charge in [-0.05, 0) is 28.2 Å². The Hall–Kier alpha value is -0.240. The maximum Gasteiger partial charge on any atom is 0.158 e. The van der Waals surface area contributed by atoms with E-state index >= 15 is 0 Å². The van der Waals surface area contributed by atoms with Gasteiger partial charge in [-0.2, -0.15) is 0 Å². The zero-order chi connectivity index (χ0) is 14.5. The third-order valence-corrected chi connectivity index (χ3v) is 3.40. The number of hydrogen-bond donors (Lipinski definition) is 0. The molecule has 2 aliphatic rings. The third kappa shape index (κ3) is 5.27. The van der Waals surface area contributed by atoms with Gasteiger partial charge in [-0.1, -0.05) is 0 Å². The smallest absolute Gasteiger partial charge is 0.158 e. The van der Waals surface area contributed by atoms with Gasteiger partial charge in [0, 0.05) is 25.9 Å². The molecule has 0 saturated carbocycles. The van der Waals surface area contributed by atoms with Crippen LogP contribution in [0.3, 0.4) is 0 Å². The van der Waals surface area contributed by atoms with Gasteiger partial charge >= 0.3 is 0 Å². The van der Waals surface area contributed by atoms with Crippen LogP contribution >= 0.6 is 0 Å². The summed E-state index contributed by atoms with van der Waals surface area (Å²) in [6.07, 6.45) is 1.79. The number of hydrogen-bond acceptors (Lipinski definition) is 6. The molecule has 0 bridgehead atoms. The largest absolute Gasteiger partial charge is 0.350 e. The first-order chi connectivity index (χ1) is 9.52. The first kappa shape index (κ1) is 16.1. The van der Waals surface area contributed by atoms with Gasteiger partial charge in [-0.15, -0.1) is 0 Å². The van der Waals surface area contributed by atoms with Gasteiger partial charge in [0.05, 0.1) is 25.4 Å². The fraction of sp³-hybridized carbons (Fsp3) is 1.00. The lowest BCUT2D eigenvalue weighted by atomic mass is 10.3. The van der Waals surface area contributed by atoms with Crippen LogP contribution in [0.5, 0.6) is 0 Å². The van der Waals surface area contributed by atoms with Gasteiger partial charge in [0.15, 0.2) is 12.6 Å². The van der Waals surface area contributed by atoms with Gasteiger partial charge in [0.2, 0.25) is 0 Å². The summed E-state index contributed by atoms with van der Waals surface area (Å²) in [5.74, 6) is 0. The van der Waals surface area contributed by atoms with E-state index in [0.717, 1.165) is 25.9 Å². The Bertz CT molecular complexity index is 260. The molecule has 2 saturated heterocycles. The van der Waals surface area contributed by atoms with E-state index in [0.29, 0.717) is 13.2 Å². The Morgan fingerprint density at radius 3 is 1.50 bits per heavy atom. The van der Waals surface area contributed by atoms with E-state index in [1.54, 1.807) is 0 Å². The average Bonchev–Trinajstić information content (AvgIpc) is 2.94. The molecule has 4 unspecified atom stereocenters. The fourth-order valence-corrected chi connectivity index (χ4v) is 2.60. The summed E-state index contributed by atoms with van der Waals surface area (Å²) in [6, 6.07) is 0. The molecule has 6 nitrogen and oxygen atoms in total. The summed E-state index contributed by atoms with van der Waals surface area (Å²) in [5.41, 5.74) is 0. The van der Waals surface area contributed by atoms with Gasteiger partial charge in [-0.25, -0.2) is 0 Å². The fourth-order valence-electron chi connectivity index (χ4n) is 2.60. The minimum absolute atomic E-state index is 0.111. The molecular formula is C14H28N2O4. The second-order valence-electron chi connectivity index (χ2n) is 6.14. The lowest BCUT2D eigenvalue weighted by Gasteiger charge is -2.17. The van der Waals surface area contributed by atoms with Crippen LogP contribution in [0, 0.1) is 0 Å². The molecule has 2 fully saturated rings. The highest BCUT2D eigenvalue weighted by molar-refractivity contribution is 4.71. The van der Waals surface area contributed by atoms with Crippen molar-refractivity contribution in [2.75, 3.05) is 54.5 Å². The summed E-state index contributed by atoms with van der Waals surface area (Å²) in [5, 5.41) is 0. The first-order valence-corrected chi connectivity index (χ1v) is 7.36. The van der Waals surface area contributed by atoms with Crippen LogP contribution in [-0.4, -0.2) is 89.1 Å². The van der Waals surface area contributed by atoms with E-state index in [4.69, 9.17) is 18.9 Å². The lowest BCUT2D eigenvalue weighted by Crippen LogP contribution is -2.28. The van der Waals surface area contributed by atoms with Crippen molar-refractivity contribution < 1.29 is 18.9 Å². The summed E-state index contributed by atoms with van der Waals surface area (Å²) < 4.78 is 23.0. The number of ether oxygens (including phenoxy) is 4. The van der Waals surface area contributed by atoms with Crippen molar-refractivity contribution in [3.8, 4) is 0 Å². The SMILES string of the molecule is CN(C)CC1COC(CCC2OCC(CN(C)C)O2)O1. The maximum absolute atomic E-state index is 5.84. The van der Waals surface area contributed by atoms with Crippen molar-refractivity contribution in [3.05, 3.63) is 0 Å². The molecule has 2 rings (SSSR count). The van der Waals surface area contributed by atoms with Crippen LogP contribution < -0.4 is 0 Å². The molecule has 2 heterocycles. The molecule has 0 amide bonds. The van der Waals surface area contributed by atoms with E-state index in [1.165, 1.54) is 0 Å². The van der Waals surface area contributed by atoms with Crippen LogP contribution in [-0.2, 0) is 18.9 Å². The molecule has 0 aromatic heterocycles. The predicted octanol–water partition coefficient (Wildman–Crippen LogP) is 0.373. The van der Waals surface area contributed by atoms with Crippen molar-refractivity contribution in [1.82, 2.24) is 9.80 Å². The molecule has 0 spiro atoms. The summed E-state index contributed by atoms with van der Waals surface area (Å²) in [4.78, 5) is 4.23. The molecular weight excluding hydrogens is 260 g/mol. The normalized spacial score (nSPS) is 34.5. The van der Waals surface area contributed by atoms with Gasteiger partial charge in [0.25, 0.3) is 0 Å². The molecule has 0 radical (unpaired) electrons. The molecule has 0 aromatic rings. The number of rotatable bonds is 7. The minimum atomic E-state index is -0.111. The zero-order valence-electron chi connectivity index (χ0n) is 13.1. The van der Waals surface area contributed by atoms with Crippen molar-refractivity contribution in [2.45, 2.75) is 37.6 Å². The Balaban J connectivity index is 1.60. The number of nitrogens with zero attached hydrogens (tertiary/aromatic N) is 2. The van der Waals surface area contributed by atoms with Crippen LogP contribution in [0.2, 0.25) is 0 Å². The van der Waals surface area contributed by atoms with Crippen molar-refractivity contribution >= 4 is 0 Å². The summed E-state index contributed by atoms with van der Waals surface area (Å²) in [6.45, 7) is 3.16. The zero-order valence-corrected chi connectivity index (χ0v) is 13.1. The van der Waals surface area contributed by atoms with Crippen LogP contribution in [0.25, 0.3) is 0 Å². The van der Waals surface area contributed by atoms with Crippen LogP contribution in [0.1, 0.15) is 12.8 Å². The van der Waals surface area contributed by atoms with E-state index in [9.17, 15) is 0 Å². The standard InChI is InChI=1S/C14H28N2O4/c1-15(2)7-11-9-17-13(19-11)5-6-14-18-10-12(20-14)8-16(3)4/h11-14H,5-10H2,1-4H3. The van der Waals surface area contributed by atoms with Crippen LogP contribution in [0.15, 0.2) is 0 Å². The maximum atomic E-state index is 5.84. The van der Waals surface area contributed by atoms with E-state index in [2.05, 4.69) is 9.80 Å². The van der Waals surface area contributed by atoms with Crippen molar-refractivity contribution in [1.29, 1.82) is 0 Å². The Labute approximate surface area is 121 Å². The molecule has 20 heavy (non-hydrogen) atoms. The Morgan fingerprint density at radius 1 is 0.750 bits per heavy atom. The first-order valence-electron chi connectivity index (χ1n) is 7.36. The summed E-state index contributed by atoms with van der Waals surface area (Å²) in [7, 11) is 8.17. The second kappa shape index (κ2) is 7.68. The molecule has 6 heteroatoms. The highest BCUT2D eigenvalue weighted by Gasteiger charge is 2.30. The quantitative estimate of drug-likeness (QED) is 0.674.